The summed E-state index contributed by atoms with van der Waals surface area (Å²) in [4.78, 5) is 25.1. The number of anilines is 1. The molecule has 4 rings (SSSR count). The van der Waals surface area contributed by atoms with Crippen molar-refractivity contribution in [3.8, 4) is 5.82 Å². The minimum Gasteiger partial charge on any atom is -0.321 e. The van der Waals surface area contributed by atoms with Gasteiger partial charge in [-0.1, -0.05) is 0 Å². The summed E-state index contributed by atoms with van der Waals surface area (Å²) >= 11 is 0. The molecule has 26 heavy (non-hydrogen) atoms. The van der Waals surface area contributed by atoms with Crippen molar-refractivity contribution >= 4 is 22.4 Å². The molecule has 0 radical (unpaired) electrons. The lowest BCUT2D eigenvalue weighted by molar-refractivity contribution is 0.102. The van der Waals surface area contributed by atoms with Gasteiger partial charge in [0, 0.05) is 30.2 Å². The van der Waals surface area contributed by atoms with Gasteiger partial charge in [-0.05, 0) is 42.6 Å². The van der Waals surface area contributed by atoms with Gasteiger partial charge in [-0.3, -0.25) is 14.3 Å². The molecule has 6 nitrogen and oxygen atoms in total. The molecular formula is C19H14FN5O. The van der Waals surface area contributed by atoms with Crippen LogP contribution in [0.1, 0.15) is 16.2 Å². The van der Waals surface area contributed by atoms with Crippen LogP contribution in [-0.2, 0) is 0 Å². The minimum atomic E-state index is -0.486. The van der Waals surface area contributed by atoms with Crippen LogP contribution in [-0.4, -0.2) is 25.4 Å². The molecule has 0 aliphatic heterocycles. The van der Waals surface area contributed by atoms with E-state index in [1.165, 1.54) is 18.3 Å². The number of nitrogens with zero attached hydrogens (tertiary/aromatic N) is 4. The lowest BCUT2D eigenvalue weighted by Gasteiger charge is -2.09. The highest BCUT2D eigenvalue weighted by Gasteiger charge is 2.13. The summed E-state index contributed by atoms with van der Waals surface area (Å²) in [6.07, 6.45) is 8.15. The molecule has 7 heteroatoms. The third-order valence-electron chi connectivity index (χ3n) is 4.04. The van der Waals surface area contributed by atoms with E-state index in [1.807, 2.05) is 17.7 Å². The summed E-state index contributed by atoms with van der Waals surface area (Å²) < 4.78 is 15.6. The molecule has 0 fully saturated rings. The van der Waals surface area contributed by atoms with Crippen LogP contribution in [0, 0.1) is 12.7 Å². The lowest BCUT2D eigenvalue weighted by atomic mass is 10.1. The van der Waals surface area contributed by atoms with E-state index in [0.29, 0.717) is 22.3 Å². The minimum absolute atomic E-state index is 0.247. The van der Waals surface area contributed by atoms with Crippen LogP contribution in [0.5, 0.6) is 0 Å². The first-order valence-electron chi connectivity index (χ1n) is 7.93. The van der Waals surface area contributed by atoms with Crippen molar-refractivity contribution in [3.05, 3.63) is 78.5 Å². The number of imidazole rings is 1. The fourth-order valence-electron chi connectivity index (χ4n) is 2.78. The van der Waals surface area contributed by atoms with Crippen molar-refractivity contribution in [1.29, 1.82) is 0 Å². The Morgan fingerprint density at radius 1 is 1.12 bits per heavy atom. The molecule has 0 atom stereocenters. The highest BCUT2D eigenvalue weighted by Crippen LogP contribution is 2.21. The number of nitrogens with one attached hydrogen (secondary N) is 1. The first kappa shape index (κ1) is 15.9. The maximum absolute atomic E-state index is 13.8. The van der Waals surface area contributed by atoms with Gasteiger partial charge in [-0.15, -0.1) is 0 Å². The van der Waals surface area contributed by atoms with E-state index in [2.05, 4.69) is 20.3 Å². The number of aryl methyl sites for hydroxylation is 1. The maximum atomic E-state index is 13.8. The number of halogens is 1. The van der Waals surface area contributed by atoms with Crippen LogP contribution in [0.3, 0.4) is 0 Å². The zero-order valence-corrected chi connectivity index (χ0v) is 13.8. The van der Waals surface area contributed by atoms with Gasteiger partial charge in [0.25, 0.3) is 5.91 Å². The number of carbonyl (C=O) groups is 1. The van der Waals surface area contributed by atoms with Crippen LogP contribution in [0.25, 0.3) is 16.6 Å². The third kappa shape index (κ3) is 2.90. The second-order valence-corrected chi connectivity index (χ2v) is 5.75. The van der Waals surface area contributed by atoms with Gasteiger partial charge in [0.15, 0.2) is 0 Å². The standard InChI is InChI=1S/C19H14FN5O/c1-12-22-6-7-25(12)18-3-2-15(11-23-18)24-19(26)17-9-14(20)8-13-10-21-5-4-16(13)17/h2-11H,1H3,(H,24,26). The topological polar surface area (TPSA) is 72.7 Å². The van der Waals surface area contributed by atoms with Crippen molar-refractivity contribution in [2.75, 3.05) is 5.32 Å². The lowest BCUT2D eigenvalue weighted by Crippen LogP contribution is -2.13. The Balaban J connectivity index is 1.62. The molecule has 0 spiro atoms. The number of hydrogen-bond donors (Lipinski definition) is 1. The smallest absolute Gasteiger partial charge is 0.256 e. The van der Waals surface area contributed by atoms with E-state index in [1.54, 1.807) is 36.8 Å². The molecule has 1 amide bonds. The molecule has 0 saturated heterocycles. The van der Waals surface area contributed by atoms with Gasteiger partial charge in [0.2, 0.25) is 0 Å². The zero-order chi connectivity index (χ0) is 18.1. The summed E-state index contributed by atoms with van der Waals surface area (Å²) in [5.74, 6) is 0.614. The quantitative estimate of drug-likeness (QED) is 0.615. The Morgan fingerprint density at radius 2 is 2.00 bits per heavy atom. The second-order valence-electron chi connectivity index (χ2n) is 5.75. The average Bonchev–Trinajstić information content (AvgIpc) is 3.07. The average molecular weight is 347 g/mol. The fourth-order valence-corrected chi connectivity index (χ4v) is 2.78. The SMILES string of the molecule is Cc1nccn1-c1ccc(NC(=O)c2cc(F)cc3cnccc23)cn1. The number of carbonyl (C=O) groups excluding carboxylic acids is 1. The van der Waals surface area contributed by atoms with E-state index in [4.69, 9.17) is 0 Å². The number of aromatic nitrogens is 4. The summed E-state index contributed by atoms with van der Waals surface area (Å²) in [6, 6.07) is 7.77. The third-order valence-corrected chi connectivity index (χ3v) is 4.04. The summed E-state index contributed by atoms with van der Waals surface area (Å²) in [5.41, 5.74) is 0.764. The number of hydrogen-bond acceptors (Lipinski definition) is 4. The molecule has 4 aromatic rings. The summed E-state index contributed by atoms with van der Waals surface area (Å²) in [7, 11) is 0. The largest absolute Gasteiger partial charge is 0.321 e. The Morgan fingerprint density at radius 3 is 2.73 bits per heavy atom. The molecule has 0 saturated carbocycles. The van der Waals surface area contributed by atoms with Crippen LogP contribution in [0.2, 0.25) is 0 Å². The van der Waals surface area contributed by atoms with E-state index in [9.17, 15) is 9.18 Å². The molecule has 0 bridgehead atoms. The summed E-state index contributed by atoms with van der Waals surface area (Å²) in [6.45, 7) is 1.88. The van der Waals surface area contributed by atoms with Gasteiger partial charge in [0.05, 0.1) is 17.4 Å². The molecule has 1 N–H and O–H groups in total. The molecule has 128 valence electrons. The van der Waals surface area contributed by atoms with E-state index < -0.39 is 11.7 Å². The predicted molar refractivity (Wildman–Crippen MR) is 95.8 cm³/mol. The van der Waals surface area contributed by atoms with Crippen molar-refractivity contribution < 1.29 is 9.18 Å². The molecule has 0 unspecified atom stereocenters. The zero-order valence-electron chi connectivity index (χ0n) is 13.8. The van der Waals surface area contributed by atoms with Crippen LogP contribution in [0.15, 0.2) is 61.3 Å². The fraction of sp³-hybridized carbons (Fsp3) is 0.0526. The summed E-state index contributed by atoms with van der Waals surface area (Å²) in [5, 5.41) is 3.96. The van der Waals surface area contributed by atoms with Crippen LogP contribution in [0.4, 0.5) is 10.1 Å². The van der Waals surface area contributed by atoms with Gasteiger partial charge >= 0.3 is 0 Å². The molecule has 0 aliphatic carbocycles. The van der Waals surface area contributed by atoms with Crippen LogP contribution < -0.4 is 5.32 Å². The maximum Gasteiger partial charge on any atom is 0.256 e. The van der Waals surface area contributed by atoms with Crippen molar-refractivity contribution in [1.82, 2.24) is 19.5 Å². The van der Waals surface area contributed by atoms with E-state index in [-0.39, 0.29) is 5.56 Å². The Labute approximate surface area is 148 Å². The Bertz CT molecular complexity index is 1100. The Hall–Kier alpha value is -3.61. The number of pyridine rings is 2. The van der Waals surface area contributed by atoms with Crippen molar-refractivity contribution in [3.63, 3.8) is 0 Å². The van der Waals surface area contributed by atoms with Gasteiger partial charge in [0.1, 0.15) is 17.5 Å². The number of fused-ring (bicyclic) bond motifs is 1. The van der Waals surface area contributed by atoms with E-state index in [0.717, 1.165) is 5.82 Å². The Kier molecular flexibility index (Phi) is 3.89. The molecule has 3 heterocycles. The molecular weight excluding hydrogens is 333 g/mol. The predicted octanol–water partition coefficient (Wildman–Crippen LogP) is 3.52. The highest BCUT2D eigenvalue weighted by atomic mass is 19.1. The van der Waals surface area contributed by atoms with Crippen LogP contribution >= 0.6 is 0 Å². The van der Waals surface area contributed by atoms with Gasteiger partial charge in [-0.2, -0.15) is 0 Å². The highest BCUT2D eigenvalue weighted by molar-refractivity contribution is 6.12. The number of benzene rings is 1. The van der Waals surface area contributed by atoms with Crippen molar-refractivity contribution in [2.24, 2.45) is 0 Å². The van der Waals surface area contributed by atoms with Gasteiger partial charge in [-0.25, -0.2) is 14.4 Å². The van der Waals surface area contributed by atoms with Crippen molar-refractivity contribution in [2.45, 2.75) is 6.92 Å². The first-order chi connectivity index (χ1) is 12.6. The molecule has 3 aromatic heterocycles. The first-order valence-corrected chi connectivity index (χ1v) is 7.93. The second kappa shape index (κ2) is 6.36. The van der Waals surface area contributed by atoms with E-state index >= 15 is 0 Å². The molecule has 1 aromatic carbocycles. The monoisotopic (exact) mass is 347 g/mol. The molecule has 0 aliphatic rings. The van der Waals surface area contributed by atoms with Gasteiger partial charge < -0.3 is 5.32 Å². The number of amides is 1. The number of rotatable bonds is 3. The normalized spacial score (nSPS) is 10.8.